The molecule has 0 saturated carbocycles. The van der Waals surface area contributed by atoms with Gasteiger partial charge in [0, 0.05) is 31.5 Å². The van der Waals surface area contributed by atoms with Gasteiger partial charge in [0.05, 0.1) is 6.42 Å². The van der Waals surface area contributed by atoms with E-state index in [9.17, 15) is 4.79 Å². The van der Waals surface area contributed by atoms with E-state index in [0.29, 0.717) is 13.0 Å². The smallest absolute Gasteiger partial charge is 0.227 e. The molecule has 15 heavy (non-hydrogen) atoms. The fraction of sp³-hybridized carbons (Fsp3) is 0.455. The van der Waals surface area contributed by atoms with Gasteiger partial charge in [0.1, 0.15) is 0 Å². The van der Waals surface area contributed by atoms with E-state index < -0.39 is 0 Å². The number of likely N-dealkylation sites (tertiary alicyclic amines) is 1. The summed E-state index contributed by atoms with van der Waals surface area (Å²) >= 11 is 0. The Hall–Kier alpha value is -1.42. The summed E-state index contributed by atoms with van der Waals surface area (Å²) in [6, 6.07) is 3.92. The van der Waals surface area contributed by atoms with Gasteiger partial charge in [-0.2, -0.15) is 0 Å². The lowest BCUT2D eigenvalue weighted by Gasteiger charge is -2.15. The molecule has 1 amide bonds. The van der Waals surface area contributed by atoms with Crippen molar-refractivity contribution in [2.45, 2.75) is 18.9 Å². The highest BCUT2D eigenvalue weighted by Crippen LogP contribution is 2.09. The van der Waals surface area contributed by atoms with Crippen LogP contribution in [0.1, 0.15) is 12.0 Å². The lowest BCUT2D eigenvalue weighted by atomic mass is 10.2. The molecule has 1 aromatic rings. The summed E-state index contributed by atoms with van der Waals surface area (Å²) in [6.45, 7) is 1.49. The Bertz CT molecular complexity index is 339. The molecule has 1 atom stereocenters. The molecule has 0 unspecified atom stereocenters. The molecular formula is C11H15N3O. The van der Waals surface area contributed by atoms with Crippen molar-refractivity contribution in [3.8, 4) is 0 Å². The molecule has 0 spiro atoms. The van der Waals surface area contributed by atoms with Crippen LogP contribution in [0.5, 0.6) is 0 Å². The Balaban J connectivity index is 1.93. The SMILES string of the molecule is N[C@H]1CCN(C(=O)Cc2cccnc2)C1. The first-order valence-electron chi connectivity index (χ1n) is 5.18. The van der Waals surface area contributed by atoms with Crippen LogP contribution < -0.4 is 5.73 Å². The number of rotatable bonds is 2. The highest BCUT2D eigenvalue weighted by atomic mass is 16.2. The number of nitrogens with zero attached hydrogens (tertiary/aromatic N) is 2. The maximum Gasteiger partial charge on any atom is 0.227 e. The number of carbonyl (C=O) groups excluding carboxylic acids is 1. The number of aromatic nitrogens is 1. The molecule has 2 rings (SSSR count). The van der Waals surface area contributed by atoms with Crippen LogP contribution in [0.2, 0.25) is 0 Å². The fourth-order valence-electron chi connectivity index (χ4n) is 1.80. The first-order chi connectivity index (χ1) is 7.25. The second-order valence-electron chi connectivity index (χ2n) is 3.93. The average Bonchev–Trinajstić information content (AvgIpc) is 2.66. The number of hydrogen-bond acceptors (Lipinski definition) is 3. The van der Waals surface area contributed by atoms with E-state index in [4.69, 9.17) is 5.73 Å². The normalized spacial score (nSPS) is 20.6. The predicted molar refractivity (Wildman–Crippen MR) is 57.1 cm³/mol. The minimum Gasteiger partial charge on any atom is -0.341 e. The first-order valence-corrected chi connectivity index (χ1v) is 5.18. The molecular weight excluding hydrogens is 190 g/mol. The van der Waals surface area contributed by atoms with Crippen molar-refractivity contribution in [3.63, 3.8) is 0 Å². The van der Waals surface area contributed by atoms with E-state index in [1.54, 1.807) is 12.4 Å². The summed E-state index contributed by atoms with van der Waals surface area (Å²) in [7, 11) is 0. The molecule has 4 heteroatoms. The van der Waals surface area contributed by atoms with Crippen molar-refractivity contribution in [2.75, 3.05) is 13.1 Å². The summed E-state index contributed by atoms with van der Waals surface area (Å²) in [5.74, 6) is 0.149. The Labute approximate surface area is 89.1 Å². The van der Waals surface area contributed by atoms with Crippen LogP contribution in [0.25, 0.3) is 0 Å². The molecule has 1 aromatic heterocycles. The van der Waals surface area contributed by atoms with Gasteiger partial charge in [0.25, 0.3) is 0 Å². The second kappa shape index (κ2) is 4.40. The van der Waals surface area contributed by atoms with Crippen molar-refractivity contribution in [1.29, 1.82) is 0 Å². The molecule has 2 N–H and O–H groups in total. The fourth-order valence-corrected chi connectivity index (χ4v) is 1.80. The summed E-state index contributed by atoms with van der Waals surface area (Å²) in [6.07, 6.45) is 4.78. The van der Waals surface area contributed by atoms with Gasteiger partial charge in [-0.05, 0) is 18.1 Å². The summed E-state index contributed by atoms with van der Waals surface area (Å²) in [4.78, 5) is 17.6. The van der Waals surface area contributed by atoms with Gasteiger partial charge in [-0.1, -0.05) is 6.07 Å². The Morgan fingerprint density at radius 1 is 1.67 bits per heavy atom. The van der Waals surface area contributed by atoms with E-state index in [-0.39, 0.29) is 11.9 Å². The van der Waals surface area contributed by atoms with E-state index in [2.05, 4.69) is 4.98 Å². The zero-order chi connectivity index (χ0) is 10.7. The molecule has 4 nitrogen and oxygen atoms in total. The molecule has 0 bridgehead atoms. The zero-order valence-electron chi connectivity index (χ0n) is 8.60. The number of carbonyl (C=O) groups is 1. The lowest BCUT2D eigenvalue weighted by Crippen LogP contribution is -2.32. The molecule has 1 saturated heterocycles. The van der Waals surface area contributed by atoms with Crippen molar-refractivity contribution < 1.29 is 4.79 Å². The van der Waals surface area contributed by atoms with E-state index in [0.717, 1.165) is 18.5 Å². The Morgan fingerprint density at radius 2 is 2.53 bits per heavy atom. The minimum atomic E-state index is 0.149. The van der Waals surface area contributed by atoms with Crippen LogP contribution in [0, 0.1) is 0 Å². The third kappa shape index (κ3) is 2.53. The van der Waals surface area contributed by atoms with Crippen molar-refractivity contribution in [1.82, 2.24) is 9.88 Å². The summed E-state index contributed by atoms with van der Waals surface area (Å²) < 4.78 is 0. The standard InChI is InChI=1S/C11H15N3O/c12-10-3-5-14(8-10)11(15)6-9-2-1-4-13-7-9/h1-2,4,7,10H,3,5-6,8,12H2/t10-/m0/s1. The average molecular weight is 205 g/mol. The molecule has 1 aliphatic heterocycles. The number of amides is 1. The summed E-state index contributed by atoms with van der Waals surface area (Å²) in [5, 5.41) is 0. The zero-order valence-corrected chi connectivity index (χ0v) is 8.60. The monoisotopic (exact) mass is 205 g/mol. The maximum atomic E-state index is 11.8. The Kier molecular flexibility index (Phi) is 2.97. The maximum absolute atomic E-state index is 11.8. The summed E-state index contributed by atoms with van der Waals surface area (Å²) in [5.41, 5.74) is 6.71. The van der Waals surface area contributed by atoms with Crippen LogP contribution in [-0.4, -0.2) is 34.9 Å². The largest absolute Gasteiger partial charge is 0.341 e. The quantitative estimate of drug-likeness (QED) is 0.749. The molecule has 0 radical (unpaired) electrons. The van der Waals surface area contributed by atoms with Crippen LogP contribution in [0.15, 0.2) is 24.5 Å². The predicted octanol–water partition coefficient (Wildman–Crippen LogP) is 0.184. The third-order valence-electron chi connectivity index (χ3n) is 2.66. The van der Waals surface area contributed by atoms with Crippen molar-refractivity contribution in [2.24, 2.45) is 5.73 Å². The van der Waals surface area contributed by atoms with Crippen molar-refractivity contribution >= 4 is 5.91 Å². The van der Waals surface area contributed by atoms with E-state index >= 15 is 0 Å². The minimum absolute atomic E-state index is 0.149. The van der Waals surface area contributed by atoms with Crippen LogP contribution in [-0.2, 0) is 11.2 Å². The molecule has 0 aromatic carbocycles. The second-order valence-corrected chi connectivity index (χ2v) is 3.93. The molecule has 0 aliphatic carbocycles. The Morgan fingerprint density at radius 3 is 3.13 bits per heavy atom. The van der Waals surface area contributed by atoms with Gasteiger partial charge in [-0.25, -0.2) is 0 Å². The number of nitrogens with two attached hydrogens (primary N) is 1. The van der Waals surface area contributed by atoms with Gasteiger partial charge in [-0.3, -0.25) is 9.78 Å². The highest BCUT2D eigenvalue weighted by molar-refractivity contribution is 5.79. The van der Waals surface area contributed by atoms with Gasteiger partial charge in [-0.15, -0.1) is 0 Å². The number of pyridine rings is 1. The molecule has 80 valence electrons. The lowest BCUT2D eigenvalue weighted by molar-refractivity contribution is -0.129. The van der Waals surface area contributed by atoms with Gasteiger partial charge in [0.15, 0.2) is 0 Å². The van der Waals surface area contributed by atoms with Gasteiger partial charge >= 0.3 is 0 Å². The van der Waals surface area contributed by atoms with Crippen LogP contribution in [0.4, 0.5) is 0 Å². The van der Waals surface area contributed by atoms with E-state index in [1.807, 2.05) is 17.0 Å². The van der Waals surface area contributed by atoms with E-state index in [1.165, 1.54) is 0 Å². The van der Waals surface area contributed by atoms with Crippen LogP contribution >= 0.6 is 0 Å². The van der Waals surface area contributed by atoms with Gasteiger partial charge < -0.3 is 10.6 Å². The molecule has 2 heterocycles. The molecule has 1 fully saturated rings. The third-order valence-corrected chi connectivity index (χ3v) is 2.66. The van der Waals surface area contributed by atoms with Crippen LogP contribution in [0.3, 0.4) is 0 Å². The number of hydrogen-bond donors (Lipinski definition) is 1. The van der Waals surface area contributed by atoms with Gasteiger partial charge in [0.2, 0.25) is 5.91 Å². The molecule has 1 aliphatic rings. The van der Waals surface area contributed by atoms with Crippen molar-refractivity contribution in [3.05, 3.63) is 30.1 Å². The highest BCUT2D eigenvalue weighted by Gasteiger charge is 2.23. The topological polar surface area (TPSA) is 59.2 Å². The first kappa shape index (κ1) is 10.1.